The van der Waals surface area contributed by atoms with Gasteiger partial charge in [-0.05, 0) is 54.2 Å². The van der Waals surface area contributed by atoms with Crippen LogP contribution in [0.4, 0.5) is 5.69 Å². The number of hydrogen-bond donors (Lipinski definition) is 1. The van der Waals surface area contributed by atoms with E-state index in [9.17, 15) is 4.79 Å². The molecule has 1 aliphatic rings. The Bertz CT molecular complexity index is 473. The topological polar surface area (TPSA) is 41.6 Å². The van der Waals surface area contributed by atoms with E-state index in [0.29, 0.717) is 0 Å². The SMILES string of the molecule is COc1ccc(Br)c(NC(C)C(=O)N2CCCCC2)c1. The molecule has 0 saturated carbocycles. The monoisotopic (exact) mass is 340 g/mol. The highest BCUT2D eigenvalue weighted by atomic mass is 79.9. The third-order valence-electron chi connectivity index (χ3n) is 3.58. The summed E-state index contributed by atoms with van der Waals surface area (Å²) in [5.41, 5.74) is 0.877. The fraction of sp³-hybridized carbons (Fsp3) is 0.533. The van der Waals surface area contributed by atoms with Gasteiger partial charge in [0.25, 0.3) is 0 Å². The first-order valence-corrected chi connectivity index (χ1v) is 7.80. The maximum absolute atomic E-state index is 12.4. The zero-order valence-electron chi connectivity index (χ0n) is 12.0. The summed E-state index contributed by atoms with van der Waals surface area (Å²) in [6.45, 7) is 3.66. The van der Waals surface area contributed by atoms with Crippen LogP contribution in [0.3, 0.4) is 0 Å². The number of rotatable bonds is 4. The molecule has 1 amide bonds. The maximum Gasteiger partial charge on any atom is 0.244 e. The molecule has 1 saturated heterocycles. The molecule has 0 radical (unpaired) electrons. The van der Waals surface area contributed by atoms with Crippen molar-refractivity contribution >= 4 is 27.5 Å². The zero-order valence-corrected chi connectivity index (χ0v) is 13.6. The van der Waals surface area contributed by atoms with Crippen LogP contribution in [0.15, 0.2) is 22.7 Å². The normalized spacial score (nSPS) is 16.6. The number of halogens is 1. The number of methoxy groups -OCH3 is 1. The van der Waals surface area contributed by atoms with E-state index in [1.807, 2.05) is 30.0 Å². The molecule has 1 aromatic carbocycles. The number of hydrogen-bond acceptors (Lipinski definition) is 3. The van der Waals surface area contributed by atoms with E-state index in [2.05, 4.69) is 21.2 Å². The molecular formula is C15H21BrN2O2. The van der Waals surface area contributed by atoms with Crippen LogP contribution in [-0.4, -0.2) is 37.0 Å². The lowest BCUT2D eigenvalue weighted by molar-refractivity contribution is -0.132. The Labute approximate surface area is 128 Å². The number of benzene rings is 1. The summed E-state index contributed by atoms with van der Waals surface area (Å²) in [4.78, 5) is 14.3. The highest BCUT2D eigenvalue weighted by Gasteiger charge is 2.22. The van der Waals surface area contributed by atoms with Gasteiger partial charge in [0, 0.05) is 23.6 Å². The molecule has 1 aliphatic heterocycles. The summed E-state index contributed by atoms with van der Waals surface area (Å²) in [6.07, 6.45) is 3.45. The molecule has 5 heteroatoms. The van der Waals surface area contributed by atoms with Gasteiger partial charge >= 0.3 is 0 Å². The molecule has 1 aromatic rings. The van der Waals surface area contributed by atoms with Gasteiger partial charge in [-0.25, -0.2) is 0 Å². The summed E-state index contributed by atoms with van der Waals surface area (Å²) in [6, 6.07) is 5.45. The third kappa shape index (κ3) is 3.66. The van der Waals surface area contributed by atoms with Crippen LogP contribution >= 0.6 is 15.9 Å². The van der Waals surface area contributed by atoms with Crippen molar-refractivity contribution in [1.82, 2.24) is 4.90 Å². The van der Waals surface area contributed by atoms with Crippen molar-refractivity contribution in [1.29, 1.82) is 0 Å². The van der Waals surface area contributed by atoms with Crippen molar-refractivity contribution in [2.45, 2.75) is 32.2 Å². The Balaban J connectivity index is 2.03. The Kier molecular flexibility index (Phi) is 5.29. The highest BCUT2D eigenvalue weighted by molar-refractivity contribution is 9.10. The number of nitrogens with one attached hydrogen (secondary N) is 1. The molecule has 1 atom stereocenters. The van der Waals surface area contributed by atoms with Crippen LogP contribution in [0, 0.1) is 0 Å². The summed E-state index contributed by atoms with van der Waals surface area (Å²) in [7, 11) is 1.63. The van der Waals surface area contributed by atoms with Crippen LogP contribution < -0.4 is 10.1 Å². The van der Waals surface area contributed by atoms with Gasteiger partial charge in [0.1, 0.15) is 11.8 Å². The third-order valence-corrected chi connectivity index (χ3v) is 4.28. The minimum absolute atomic E-state index is 0.166. The maximum atomic E-state index is 12.4. The van der Waals surface area contributed by atoms with E-state index < -0.39 is 0 Å². The largest absolute Gasteiger partial charge is 0.497 e. The van der Waals surface area contributed by atoms with Crippen molar-refractivity contribution < 1.29 is 9.53 Å². The van der Waals surface area contributed by atoms with Crippen LogP contribution in [-0.2, 0) is 4.79 Å². The number of ether oxygens (including phenoxy) is 1. The molecule has 1 N–H and O–H groups in total. The van der Waals surface area contributed by atoms with Gasteiger partial charge in [-0.15, -0.1) is 0 Å². The predicted octanol–water partition coefficient (Wildman–Crippen LogP) is 3.27. The zero-order chi connectivity index (χ0) is 14.5. The van der Waals surface area contributed by atoms with Crippen molar-refractivity contribution in [3.05, 3.63) is 22.7 Å². The van der Waals surface area contributed by atoms with Gasteiger partial charge in [-0.1, -0.05) is 0 Å². The van der Waals surface area contributed by atoms with Crippen molar-refractivity contribution in [2.75, 3.05) is 25.5 Å². The lowest BCUT2D eigenvalue weighted by Gasteiger charge is -2.30. The van der Waals surface area contributed by atoms with Crippen LogP contribution in [0.25, 0.3) is 0 Å². The first kappa shape index (κ1) is 15.2. The number of carbonyl (C=O) groups excluding carboxylic acids is 1. The molecule has 110 valence electrons. The van der Waals surface area contributed by atoms with E-state index in [-0.39, 0.29) is 11.9 Å². The summed E-state index contributed by atoms with van der Waals surface area (Å²) in [5.74, 6) is 0.938. The number of amides is 1. The molecule has 0 spiro atoms. The molecule has 0 aromatic heterocycles. The smallest absolute Gasteiger partial charge is 0.244 e. The Hall–Kier alpha value is -1.23. The van der Waals surface area contributed by atoms with Crippen molar-refractivity contribution in [3.8, 4) is 5.75 Å². The average Bonchev–Trinajstić information content (AvgIpc) is 2.49. The van der Waals surface area contributed by atoms with Crippen LogP contribution in [0.2, 0.25) is 0 Å². The minimum Gasteiger partial charge on any atom is -0.497 e. The molecule has 1 unspecified atom stereocenters. The van der Waals surface area contributed by atoms with Gasteiger partial charge in [0.15, 0.2) is 0 Å². The van der Waals surface area contributed by atoms with E-state index >= 15 is 0 Å². The second-order valence-corrected chi connectivity index (χ2v) is 5.95. The molecule has 20 heavy (non-hydrogen) atoms. The average molecular weight is 341 g/mol. The molecule has 4 nitrogen and oxygen atoms in total. The Morgan fingerprint density at radius 2 is 2.05 bits per heavy atom. The highest BCUT2D eigenvalue weighted by Crippen LogP contribution is 2.28. The van der Waals surface area contributed by atoms with E-state index in [4.69, 9.17) is 4.74 Å². The second-order valence-electron chi connectivity index (χ2n) is 5.10. The second kappa shape index (κ2) is 6.97. The number of nitrogens with zero attached hydrogens (tertiary/aromatic N) is 1. The first-order valence-electron chi connectivity index (χ1n) is 7.00. The molecule has 1 heterocycles. The lowest BCUT2D eigenvalue weighted by atomic mass is 10.1. The van der Waals surface area contributed by atoms with Gasteiger partial charge in [-0.3, -0.25) is 4.79 Å². The van der Waals surface area contributed by atoms with Crippen LogP contribution in [0.1, 0.15) is 26.2 Å². The summed E-state index contributed by atoms with van der Waals surface area (Å²) < 4.78 is 6.14. The van der Waals surface area contributed by atoms with Crippen molar-refractivity contribution in [3.63, 3.8) is 0 Å². The fourth-order valence-corrected chi connectivity index (χ4v) is 2.79. The number of likely N-dealkylation sites (tertiary alicyclic amines) is 1. The van der Waals surface area contributed by atoms with Crippen molar-refractivity contribution in [2.24, 2.45) is 0 Å². The molecule has 0 bridgehead atoms. The van der Waals surface area contributed by atoms with Gasteiger partial charge < -0.3 is 15.0 Å². The first-order chi connectivity index (χ1) is 9.61. The molecule has 0 aliphatic carbocycles. The predicted molar refractivity (Wildman–Crippen MR) is 84.2 cm³/mol. The molecular weight excluding hydrogens is 320 g/mol. The van der Waals surface area contributed by atoms with E-state index in [1.165, 1.54) is 6.42 Å². The molecule has 2 rings (SSSR count). The van der Waals surface area contributed by atoms with E-state index in [1.54, 1.807) is 7.11 Å². The van der Waals surface area contributed by atoms with Gasteiger partial charge in [0.05, 0.1) is 12.8 Å². The number of piperidine rings is 1. The molecule has 1 fully saturated rings. The minimum atomic E-state index is -0.239. The number of carbonyl (C=O) groups is 1. The Morgan fingerprint density at radius 3 is 2.70 bits per heavy atom. The summed E-state index contributed by atoms with van der Waals surface area (Å²) >= 11 is 3.49. The Morgan fingerprint density at radius 1 is 1.35 bits per heavy atom. The lowest BCUT2D eigenvalue weighted by Crippen LogP contribution is -2.43. The standard InChI is InChI=1S/C15H21BrN2O2/c1-11(15(19)18-8-4-3-5-9-18)17-14-10-12(20-2)6-7-13(14)16/h6-7,10-11,17H,3-5,8-9H2,1-2H3. The van der Waals surface area contributed by atoms with Gasteiger partial charge in [-0.2, -0.15) is 0 Å². The van der Waals surface area contributed by atoms with E-state index in [0.717, 1.165) is 41.8 Å². The quantitative estimate of drug-likeness (QED) is 0.914. The van der Waals surface area contributed by atoms with Crippen LogP contribution in [0.5, 0.6) is 5.75 Å². The number of anilines is 1. The summed E-state index contributed by atoms with van der Waals surface area (Å²) in [5, 5.41) is 3.26. The van der Waals surface area contributed by atoms with Gasteiger partial charge in [0.2, 0.25) is 5.91 Å². The fourth-order valence-electron chi connectivity index (χ4n) is 2.43.